The Morgan fingerprint density at radius 1 is 0.333 bits per heavy atom. The van der Waals surface area contributed by atoms with E-state index in [-0.39, 0.29) is 54.3 Å². The highest BCUT2D eigenvalue weighted by atomic mass is 32.2. The van der Waals surface area contributed by atoms with Gasteiger partial charge in [0.15, 0.2) is 23.1 Å². The molecule has 0 aliphatic heterocycles. The molecular formula is C80H84N12O20S8. The smallest absolute Gasteiger partial charge is 0.267 e. The number of ketones is 4. The fourth-order valence-electron chi connectivity index (χ4n) is 10.3. The van der Waals surface area contributed by atoms with Gasteiger partial charge < -0.3 is 39.4 Å². The van der Waals surface area contributed by atoms with Crippen LogP contribution in [0.3, 0.4) is 0 Å². The van der Waals surface area contributed by atoms with E-state index >= 15 is 0 Å². The lowest BCUT2D eigenvalue weighted by molar-refractivity contribution is 0.100. The first-order valence-electron chi connectivity index (χ1n) is 50.1. The zero-order chi connectivity index (χ0) is 117. The number of aryl methyl sites for hydroxylation is 8. The van der Waals surface area contributed by atoms with Gasteiger partial charge in [-0.1, -0.05) is 44.8 Å². The Hall–Kier alpha value is -11.9. The van der Waals surface area contributed by atoms with Gasteiger partial charge in [-0.3, -0.25) is 38.4 Å². The molecule has 0 radical (unpaired) electrons. The van der Waals surface area contributed by atoms with Gasteiger partial charge in [0.2, 0.25) is 23.5 Å². The average Bonchev–Trinajstić information content (AvgIpc) is 1.22. The molecular weight excluding hydrogens is 1710 g/mol. The molecule has 4 amide bonds. The highest BCUT2D eigenvalue weighted by Crippen LogP contribution is 2.36. The number of aromatic nitrogens is 4. The maximum Gasteiger partial charge on any atom is 0.267 e. The van der Waals surface area contributed by atoms with Gasteiger partial charge in [-0.2, -0.15) is 0 Å². The number of amides is 4. The molecule has 120 heavy (non-hydrogen) atoms. The predicted molar refractivity (Wildman–Crippen MR) is 460 cm³/mol. The van der Waals surface area contributed by atoms with Crippen LogP contribution in [0.2, 0.25) is 0 Å². The Morgan fingerprint density at radius 2 is 0.617 bits per heavy atom. The molecule has 4 aromatic carbocycles. The van der Waals surface area contributed by atoms with Crippen molar-refractivity contribution in [2.45, 2.75) is 157 Å². The normalized spacial score (nSPS) is 16.6. The zero-order valence-corrected chi connectivity index (χ0v) is 69.7. The van der Waals surface area contributed by atoms with E-state index in [1.54, 1.807) is 58.4 Å². The SMILES string of the molecule is [2H]C([2H])([2H])C(=O)c1cc(C)cc(C)c1NC(=O)c1sccc1S(=O)(=O)Nc1onc(C)c1C.[2H]C([2H])([2H])C(=O)c1cc(C)cc(C)c1NC(=O)c1sccc1S(=O)(=O)Nc1onc(C)c1C([2H])([2H])[2H].[2H]c1c(C(C)=O)c(NC(=O)c2sccc2S(=O)(=O)Nc2onc(C([2H])([2H])[2H])c2C([2H])([2H])[2H])c(C([2H])([2H])[2H])c([2H])c1C([2H])([2H])[2H].[2H]c1c(C(C)=O)c(NC(=O)c2sccc2S(=O)(=O)Nc2onc(C([2H])([2H])[2H])c2C)c(C([2H])([2H])[2H])c([2H])c1C([2H])([2H])[2H]. The lowest BCUT2D eigenvalue weighted by atomic mass is 10.0. The third-order valence-electron chi connectivity index (χ3n) is 16.2. The largest absolute Gasteiger partial charge is 0.337 e. The average molecular weight is 1820 g/mol. The second-order valence-electron chi connectivity index (χ2n) is 24.9. The topological polar surface area (TPSA) is 473 Å². The van der Waals surface area contributed by atoms with Gasteiger partial charge in [-0.25, -0.2) is 52.6 Å². The van der Waals surface area contributed by atoms with Crippen LogP contribution in [0.25, 0.3) is 0 Å². The number of nitrogens with zero attached hydrogens (tertiary/aromatic N) is 4. The van der Waals surface area contributed by atoms with Crippen molar-refractivity contribution in [3.05, 3.63) is 226 Å². The summed E-state index contributed by atoms with van der Waals surface area (Å²) in [4.78, 5) is 99.0. The Morgan fingerprint density at radius 3 is 0.892 bits per heavy atom. The molecule has 40 heteroatoms. The Kier molecular flexibility index (Phi) is 17.0. The van der Waals surface area contributed by atoms with Gasteiger partial charge in [0.25, 0.3) is 63.7 Å². The summed E-state index contributed by atoms with van der Waals surface area (Å²) in [5.41, 5.74) is -8.08. The maximum atomic E-state index is 13.4. The first-order valence-corrected chi connectivity index (χ1v) is 42.5. The van der Waals surface area contributed by atoms with Crippen LogP contribution in [0, 0.1) is 110 Å². The Bertz CT molecular complexity index is 8070. The summed E-state index contributed by atoms with van der Waals surface area (Å²) >= 11 is 2.74. The number of hydrogen-bond donors (Lipinski definition) is 8. The van der Waals surface area contributed by atoms with E-state index < -0.39 is 289 Å². The summed E-state index contributed by atoms with van der Waals surface area (Å²) in [5, 5.41) is 27.9. The molecule has 12 aromatic rings. The maximum absolute atomic E-state index is 13.4. The number of nitrogens with one attached hydrogen (secondary N) is 8. The molecule has 0 aliphatic rings. The van der Waals surface area contributed by atoms with Gasteiger partial charge in [0.05, 0.1) is 51.0 Å². The Balaban J connectivity index is 0.000000228. The van der Waals surface area contributed by atoms with Crippen molar-refractivity contribution in [2.24, 2.45) is 0 Å². The number of Topliss-reactive ketones (excluding diaryl/α,β-unsaturated/α-hetero) is 4. The molecule has 0 atom stereocenters. The van der Waals surface area contributed by atoms with Crippen LogP contribution in [0.15, 0.2) is 132 Å². The first kappa shape index (κ1) is 55.0. The molecule has 12 rings (SSSR count). The molecule has 32 nitrogen and oxygen atoms in total. The number of carbonyl (C=O) groups is 8. The van der Waals surface area contributed by atoms with Crippen LogP contribution in [0.4, 0.5) is 46.3 Å². The number of anilines is 8. The van der Waals surface area contributed by atoms with Gasteiger partial charge in [-0.15, -0.1) is 45.3 Å². The number of benzene rings is 4. The van der Waals surface area contributed by atoms with E-state index in [0.717, 1.165) is 60.1 Å². The molecule has 8 N–H and O–H groups in total. The quantitative estimate of drug-likeness (QED) is 0.0260. The minimum absolute atomic E-state index is 0.0122. The molecule has 0 saturated carbocycles. The summed E-state index contributed by atoms with van der Waals surface area (Å²) in [6.07, 6.45) is 0. The van der Waals surface area contributed by atoms with Gasteiger partial charge >= 0.3 is 0 Å². The summed E-state index contributed by atoms with van der Waals surface area (Å²) in [6.45, 7) is -16.4. The molecule has 8 heterocycles. The first-order chi connectivity index (χ1) is 69.9. The highest BCUT2D eigenvalue weighted by molar-refractivity contribution is 7.94. The summed E-state index contributed by atoms with van der Waals surface area (Å²) in [5.74, 6) is -11.0. The molecule has 0 spiro atoms. The van der Waals surface area contributed by atoms with E-state index in [1.807, 2.05) is 14.8 Å². The number of rotatable bonds is 24. The van der Waals surface area contributed by atoms with E-state index in [2.05, 4.69) is 41.3 Å². The van der Waals surface area contributed by atoms with Crippen molar-refractivity contribution in [3.8, 4) is 0 Å². The monoisotopic (exact) mass is 1820 g/mol. The number of thiophene rings is 4. The molecule has 632 valence electrons. The zero-order valence-electron chi connectivity index (χ0n) is 97.1. The van der Waals surface area contributed by atoms with Crippen LogP contribution in [-0.4, -0.2) is 101 Å². The fraction of sp³-hybridized carbons (Fsp3) is 0.250. The van der Waals surface area contributed by atoms with Gasteiger partial charge in [0.1, 0.15) is 39.1 Å². The standard InChI is InChI=1S/4C20H21N3O5S2/c4*1-10-8-11(2)17(15(9-10)14(5)24)21-19(25)18-16(6-7-29-18)30(26,27)23-20-12(3)13(4)22-28-20/h4*6-9,23H,1-5H3,(H,21,25)/i1D3,2D3,3D3,4D3,8D,9D;1D3,2D3,4D3,8D,9D;3D3,5D3;5D3. The second-order valence-corrected chi connectivity index (χ2v) is 35.2. The molecule has 0 saturated heterocycles. The van der Waals surface area contributed by atoms with Crippen molar-refractivity contribution < 1.29 is 137 Å². The predicted octanol–water partition coefficient (Wildman–Crippen LogP) is 16.9. The van der Waals surface area contributed by atoms with Gasteiger partial charge in [0, 0.05) is 85.6 Å². The van der Waals surface area contributed by atoms with E-state index in [0.29, 0.717) is 56.2 Å². The highest BCUT2D eigenvalue weighted by Gasteiger charge is 2.33. The van der Waals surface area contributed by atoms with Crippen LogP contribution in [-0.2, 0) is 40.1 Å². The van der Waals surface area contributed by atoms with E-state index in [4.69, 9.17) is 64.7 Å². The molecule has 0 unspecified atom stereocenters. The van der Waals surface area contributed by atoms with E-state index in [9.17, 15) is 72.0 Å². The van der Waals surface area contributed by atoms with Gasteiger partial charge in [-0.05, 0) is 252 Å². The lowest BCUT2D eigenvalue weighted by Crippen LogP contribution is -2.20. The molecule has 0 fully saturated rings. The number of hydrogen-bond acceptors (Lipinski definition) is 28. The fourth-order valence-corrected chi connectivity index (χ4v) is 19.7. The summed E-state index contributed by atoms with van der Waals surface area (Å²) < 4.78 is 394. The van der Waals surface area contributed by atoms with Crippen molar-refractivity contribution in [3.63, 3.8) is 0 Å². The van der Waals surface area contributed by atoms with Crippen LogP contribution in [0.5, 0.6) is 0 Å². The second kappa shape index (κ2) is 37.2. The van der Waals surface area contributed by atoms with Crippen molar-refractivity contribution in [1.29, 1.82) is 0 Å². The van der Waals surface area contributed by atoms with E-state index in [1.165, 1.54) is 48.2 Å². The third kappa shape index (κ3) is 21.0. The van der Waals surface area contributed by atoms with Crippen LogP contribution in [0.1, 0.15) is 244 Å². The lowest BCUT2D eigenvalue weighted by Gasteiger charge is -2.14. The number of sulfonamides is 4. The Labute approximate surface area is 755 Å². The number of carbonyl (C=O) groups excluding carboxylic acids is 8. The van der Waals surface area contributed by atoms with Crippen LogP contribution < -0.4 is 40.2 Å². The minimum atomic E-state index is -4.95. The van der Waals surface area contributed by atoms with Crippen molar-refractivity contribution in [1.82, 2.24) is 20.6 Å². The third-order valence-corrected chi connectivity index (χ3v) is 25.8. The van der Waals surface area contributed by atoms with Crippen molar-refractivity contribution in [2.75, 3.05) is 40.2 Å². The van der Waals surface area contributed by atoms with Crippen LogP contribution >= 0.6 is 45.3 Å². The summed E-state index contributed by atoms with van der Waals surface area (Å²) in [6, 6.07) is 6.00. The molecule has 8 aromatic heterocycles. The minimum Gasteiger partial charge on any atom is -0.337 e. The molecule has 0 bridgehead atoms. The van der Waals surface area contributed by atoms with Crippen molar-refractivity contribution >= 4 is 178 Å². The molecule has 0 aliphatic carbocycles. The summed E-state index contributed by atoms with van der Waals surface area (Å²) in [7, 11) is -18.3.